The maximum atomic E-state index is 12.6. The summed E-state index contributed by atoms with van der Waals surface area (Å²) < 4.78 is 7.04. The van der Waals surface area contributed by atoms with Crippen LogP contribution >= 0.6 is 0 Å². The van der Waals surface area contributed by atoms with Crippen LogP contribution in [0.25, 0.3) is 11.1 Å². The lowest BCUT2D eigenvalue weighted by atomic mass is 9.98. The largest absolute Gasteiger partial charge is 0.476 e. The molecule has 3 aromatic rings. The Morgan fingerprint density at radius 1 is 1.11 bits per heavy atom. The van der Waals surface area contributed by atoms with E-state index in [0.717, 1.165) is 22.3 Å². The second-order valence-electron chi connectivity index (χ2n) is 8.02. The molecule has 2 aromatic carbocycles. The highest BCUT2D eigenvalue weighted by Crippen LogP contribution is 2.44. The van der Waals surface area contributed by atoms with E-state index in [1.54, 1.807) is 4.57 Å². The Kier molecular flexibility index (Phi) is 7.12. The summed E-state index contributed by atoms with van der Waals surface area (Å²) in [5.41, 5.74) is 4.33. The number of fused-ring (bicyclic) bond motifs is 3. The Balaban J connectivity index is 1.31. The number of benzene rings is 2. The first-order valence-electron chi connectivity index (χ1n) is 11.1. The number of amides is 2. The van der Waals surface area contributed by atoms with Crippen molar-refractivity contribution < 1.29 is 24.2 Å². The molecule has 0 radical (unpaired) electrons. The Labute approximate surface area is 202 Å². The molecular formula is C26H24N4O5. The molecule has 1 aromatic heterocycles. The van der Waals surface area contributed by atoms with Crippen LogP contribution in [0.1, 0.15) is 34.0 Å². The van der Waals surface area contributed by atoms with Gasteiger partial charge in [-0.05, 0) is 22.3 Å². The number of nitrogens with zero attached hydrogens (tertiary/aromatic N) is 2. The van der Waals surface area contributed by atoms with Crippen LogP contribution < -0.4 is 10.6 Å². The van der Waals surface area contributed by atoms with Crippen LogP contribution in [0.2, 0.25) is 0 Å². The second kappa shape index (κ2) is 10.6. The van der Waals surface area contributed by atoms with Crippen LogP contribution in [0, 0.1) is 12.3 Å². The molecule has 0 saturated heterocycles. The van der Waals surface area contributed by atoms with Gasteiger partial charge in [-0.25, -0.2) is 14.6 Å². The van der Waals surface area contributed by atoms with Crippen molar-refractivity contribution >= 4 is 18.0 Å². The number of carboxylic acids is 1. The maximum Gasteiger partial charge on any atom is 0.407 e. The SMILES string of the molecule is C#CCC(NC(=O)OCC1c2ccccc2-c2ccccc21)C(=O)NCCn1cnc(C(=O)O)c1. The van der Waals surface area contributed by atoms with E-state index in [2.05, 4.69) is 21.5 Å². The van der Waals surface area contributed by atoms with Gasteiger partial charge in [-0.3, -0.25) is 4.79 Å². The van der Waals surface area contributed by atoms with E-state index in [-0.39, 0.29) is 31.2 Å². The van der Waals surface area contributed by atoms with Crippen molar-refractivity contribution in [3.05, 3.63) is 77.9 Å². The number of carbonyl (C=O) groups excluding carboxylic acids is 2. The summed E-state index contributed by atoms with van der Waals surface area (Å²) in [4.78, 5) is 39.7. The Bertz CT molecular complexity index is 1250. The first kappa shape index (κ1) is 23.6. The quantitative estimate of drug-likeness (QED) is 0.412. The molecule has 35 heavy (non-hydrogen) atoms. The summed E-state index contributed by atoms with van der Waals surface area (Å²) >= 11 is 0. The number of hydrogen-bond acceptors (Lipinski definition) is 5. The number of imidazole rings is 1. The van der Waals surface area contributed by atoms with E-state index in [9.17, 15) is 14.4 Å². The van der Waals surface area contributed by atoms with Crippen LogP contribution in [0.15, 0.2) is 61.1 Å². The number of terminal acetylenes is 1. The number of carbonyl (C=O) groups is 3. The summed E-state index contributed by atoms with van der Waals surface area (Å²) in [6.07, 6.45) is 7.37. The van der Waals surface area contributed by atoms with E-state index in [1.165, 1.54) is 12.5 Å². The predicted octanol–water partition coefficient (Wildman–Crippen LogP) is 2.63. The molecular weight excluding hydrogens is 448 g/mol. The second-order valence-corrected chi connectivity index (χ2v) is 8.02. The molecule has 0 bridgehead atoms. The fourth-order valence-corrected chi connectivity index (χ4v) is 4.13. The molecule has 9 nitrogen and oxygen atoms in total. The number of aromatic nitrogens is 2. The number of hydrogen-bond donors (Lipinski definition) is 3. The first-order chi connectivity index (χ1) is 17.0. The maximum absolute atomic E-state index is 12.6. The lowest BCUT2D eigenvalue weighted by Crippen LogP contribution is -2.47. The van der Waals surface area contributed by atoms with E-state index >= 15 is 0 Å². The summed E-state index contributed by atoms with van der Waals surface area (Å²) in [6, 6.07) is 15.0. The Hall–Kier alpha value is -4.58. The average Bonchev–Trinajstić information content (AvgIpc) is 3.46. The smallest absolute Gasteiger partial charge is 0.407 e. The van der Waals surface area contributed by atoms with Gasteiger partial charge in [-0.1, -0.05) is 48.5 Å². The van der Waals surface area contributed by atoms with Gasteiger partial charge in [0.05, 0.1) is 6.33 Å². The standard InChI is InChI=1S/C26H24N4O5/c1-2-7-22(24(31)27-12-13-30-14-23(25(32)33)28-16-30)29-26(34)35-15-21-19-10-5-3-8-17(19)18-9-4-6-11-20(18)21/h1,3-6,8-11,14,16,21-22H,7,12-13,15H2,(H,27,31)(H,29,34)(H,32,33). The molecule has 1 atom stereocenters. The molecule has 1 heterocycles. The van der Waals surface area contributed by atoms with Gasteiger partial charge in [0.2, 0.25) is 5.91 Å². The van der Waals surface area contributed by atoms with Crippen molar-refractivity contribution in [3.8, 4) is 23.5 Å². The molecule has 178 valence electrons. The molecule has 9 heteroatoms. The number of carboxylic acid groups (broad SMARTS) is 1. The van der Waals surface area contributed by atoms with Crippen LogP contribution in [0.5, 0.6) is 0 Å². The lowest BCUT2D eigenvalue weighted by Gasteiger charge is -2.18. The van der Waals surface area contributed by atoms with Crippen LogP contribution in [-0.4, -0.2) is 51.8 Å². The molecule has 0 spiro atoms. The zero-order valence-electron chi connectivity index (χ0n) is 18.8. The van der Waals surface area contributed by atoms with E-state index in [0.29, 0.717) is 6.54 Å². The first-order valence-corrected chi connectivity index (χ1v) is 11.1. The Morgan fingerprint density at radius 3 is 2.37 bits per heavy atom. The van der Waals surface area contributed by atoms with E-state index in [1.807, 2.05) is 48.5 Å². The van der Waals surface area contributed by atoms with Gasteiger partial charge in [0.15, 0.2) is 5.69 Å². The van der Waals surface area contributed by atoms with Crippen molar-refractivity contribution in [3.63, 3.8) is 0 Å². The van der Waals surface area contributed by atoms with Crippen molar-refractivity contribution in [1.82, 2.24) is 20.2 Å². The summed E-state index contributed by atoms with van der Waals surface area (Å²) in [5, 5.41) is 14.1. The summed E-state index contributed by atoms with van der Waals surface area (Å²) in [7, 11) is 0. The highest BCUT2D eigenvalue weighted by Gasteiger charge is 2.29. The zero-order chi connectivity index (χ0) is 24.8. The third-order valence-electron chi connectivity index (χ3n) is 5.80. The minimum absolute atomic E-state index is 0.00966. The highest BCUT2D eigenvalue weighted by molar-refractivity contribution is 5.86. The van der Waals surface area contributed by atoms with Crippen molar-refractivity contribution in [2.45, 2.75) is 24.9 Å². The van der Waals surface area contributed by atoms with Crippen LogP contribution in [0.3, 0.4) is 0 Å². The molecule has 1 unspecified atom stereocenters. The van der Waals surface area contributed by atoms with Gasteiger partial charge in [0.1, 0.15) is 12.6 Å². The Morgan fingerprint density at radius 2 is 1.77 bits per heavy atom. The fourth-order valence-electron chi connectivity index (χ4n) is 4.13. The molecule has 0 aliphatic heterocycles. The van der Waals surface area contributed by atoms with Gasteiger partial charge in [-0.2, -0.15) is 0 Å². The lowest BCUT2D eigenvalue weighted by molar-refractivity contribution is -0.123. The van der Waals surface area contributed by atoms with Gasteiger partial charge in [-0.15, -0.1) is 12.3 Å². The molecule has 4 rings (SSSR count). The molecule has 2 amide bonds. The van der Waals surface area contributed by atoms with Gasteiger partial charge < -0.3 is 25.0 Å². The molecule has 1 aliphatic carbocycles. The molecule has 1 aliphatic rings. The minimum atomic E-state index is -1.13. The van der Waals surface area contributed by atoms with Crippen LogP contribution in [-0.2, 0) is 16.1 Å². The van der Waals surface area contributed by atoms with E-state index < -0.39 is 24.0 Å². The number of alkyl carbamates (subject to hydrolysis) is 1. The summed E-state index contributed by atoms with van der Waals surface area (Å²) in [6.45, 7) is 0.623. The van der Waals surface area contributed by atoms with Crippen molar-refractivity contribution in [2.24, 2.45) is 0 Å². The van der Waals surface area contributed by atoms with E-state index in [4.69, 9.17) is 16.3 Å². The monoisotopic (exact) mass is 472 g/mol. The van der Waals surface area contributed by atoms with Crippen molar-refractivity contribution in [2.75, 3.05) is 13.2 Å². The zero-order valence-corrected chi connectivity index (χ0v) is 18.8. The number of rotatable bonds is 9. The summed E-state index contributed by atoms with van der Waals surface area (Å²) in [5.74, 6) is 0.698. The molecule has 0 fully saturated rings. The highest BCUT2D eigenvalue weighted by atomic mass is 16.5. The third-order valence-corrected chi connectivity index (χ3v) is 5.80. The number of nitrogens with one attached hydrogen (secondary N) is 2. The topological polar surface area (TPSA) is 123 Å². The van der Waals surface area contributed by atoms with Gasteiger partial charge in [0.25, 0.3) is 0 Å². The molecule has 0 saturated carbocycles. The van der Waals surface area contributed by atoms with Crippen molar-refractivity contribution in [1.29, 1.82) is 0 Å². The van der Waals surface area contributed by atoms with Crippen LogP contribution in [0.4, 0.5) is 4.79 Å². The molecule has 3 N–H and O–H groups in total. The van der Waals surface area contributed by atoms with Gasteiger partial charge >= 0.3 is 12.1 Å². The normalized spacial score (nSPS) is 12.7. The number of aromatic carboxylic acids is 1. The predicted molar refractivity (Wildman–Crippen MR) is 128 cm³/mol. The average molecular weight is 473 g/mol. The van der Waals surface area contributed by atoms with Gasteiger partial charge in [0, 0.05) is 31.6 Å². The third kappa shape index (κ3) is 5.33. The fraction of sp³-hybridized carbons (Fsp3) is 0.231. The number of ether oxygens (including phenoxy) is 1. The minimum Gasteiger partial charge on any atom is -0.476 e.